The van der Waals surface area contributed by atoms with Crippen LogP contribution in [0.5, 0.6) is 0 Å². The van der Waals surface area contributed by atoms with Crippen LogP contribution in [0.15, 0.2) is 129 Å². The standard InChI is InChI=1S/C34H20O2S3/c35-33(25-9-1-5-13-29(25)38-30-14-6-2-10-26(30)33)21-19-23-17-18-24(37-23)20-22-34(36)27-11-3-7-15-31(27)39-32-16-8-4-12-28(32)34/h1-18,35-36H. The zero-order chi connectivity index (χ0) is 26.5. The van der Waals surface area contributed by atoms with Crippen LogP contribution >= 0.6 is 34.9 Å². The molecule has 0 saturated carbocycles. The molecule has 39 heavy (non-hydrogen) atoms. The van der Waals surface area contributed by atoms with Crippen LogP contribution in [-0.4, -0.2) is 10.2 Å². The zero-order valence-electron chi connectivity index (χ0n) is 20.5. The maximum Gasteiger partial charge on any atom is 0.179 e. The highest BCUT2D eigenvalue weighted by Crippen LogP contribution is 2.49. The lowest BCUT2D eigenvalue weighted by Gasteiger charge is -2.31. The van der Waals surface area contributed by atoms with E-state index in [1.165, 1.54) is 11.3 Å². The van der Waals surface area contributed by atoms with E-state index < -0.39 is 11.2 Å². The van der Waals surface area contributed by atoms with Gasteiger partial charge in [-0.05, 0) is 36.4 Å². The summed E-state index contributed by atoms with van der Waals surface area (Å²) in [4.78, 5) is 5.62. The van der Waals surface area contributed by atoms with Crippen molar-refractivity contribution in [3.05, 3.63) is 141 Å². The maximum absolute atomic E-state index is 11.9. The molecule has 0 atom stereocenters. The van der Waals surface area contributed by atoms with Gasteiger partial charge in [-0.15, -0.1) is 11.3 Å². The third-order valence-electron chi connectivity index (χ3n) is 6.89. The number of fused-ring (bicyclic) bond motifs is 4. The van der Waals surface area contributed by atoms with Gasteiger partial charge in [0, 0.05) is 41.8 Å². The summed E-state index contributed by atoms with van der Waals surface area (Å²) < 4.78 is 0. The molecule has 0 fully saturated rings. The summed E-state index contributed by atoms with van der Waals surface area (Å²) in [5, 5.41) is 23.8. The third kappa shape index (κ3) is 4.12. The van der Waals surface area contributed by atoms with Gasteiger partial charge in [-0.2, -0.15) is 0 Å². The Morgan fingerprint density at radius 2 is 0.744 bits per heavy atom. The third-order valence-corrected chi connectivity index (χ3v) is 10.1. The van der Waals surface area contributed by atoms with Crippen LogP contribution < -0.4 is 0 Å². The Bertz CT molecular complexity index is 1650. The molecule has 2 aliphatic rings. The molecule has 0 spiro atoms. The molecule has 0 saturated heterocycles. The van der Waals surface area contributed by atoms with E-state index in [-0.39, 0.29) is 0 Å². The molecule has 4 aromatic carbocycles. The van der Waals surface area contributed by atoms with Crippen LogP contribution in [-0.2, 0) is 11.2 Å². The molecular formula is C34H20O2S3. The van der Waals surface area contributed by atoms with Crippen LogP contribution in [0.2, 0.25) is 0 Å². The summed E-state index contributed by atoms with van der Waals surface area (Å²) in [6.07, 6.45) is 0. The first-order valence-electron chi connectivity index (χ1n) is 12.4. The molecule has 0 bridgehead atoms. The van der Waals surface area contributed by atoms with E-state index in [0.717, 1.165) is 51.6 Å². The predicted molar refractivity (Wildman–Crippen MR) is 158 cm³/mol. The molecule has 0 amide bonds. The average Bonchev–Trinajstić information content (AvgIpc) is 3.44. The van der Waals surface area contributed by atoms with Gasteiger partial charge in [-0.1, -0.05) is 120 Å². The summed E-state index contributed by atoms with van der Waals surface area (Å²) in [5.74, 6) is 12.8. The second kappa shape index (κ2) is 9.50. The molecule has 2 nitrogen and oxygen atoms in total. The second-order valence-electron chi connectivity index (χ2n) is 9.27. The van der Waals surface area contributed by atoms with Crippen molar-refractivity contribution in [3.63, 3.8) is 0 Å². The van der Waals surface area contributed by atoms with E-state index in [1.807, 2.05) is 109 Å². The Morgan fingerprint density at radius 1 is 0.436 bits per heavy atom. The lowest BCUT2D eigenvalue weighted by Crippen LogP contribution is -2.29. The van der Waals surface area contributed by atoms with Crippen molar-refractivity contribution in [2.45, 2.75) is 30.8 Å². The van der Waals surface area contributed by atoms with Gasteiger partial charge in [0.25, 0.3) is 0 Å². The van der Waals surface area contributed by atoms with Gasteiger partial charge in [-0.3, -0.25) is 0 Å². The van der Waals surface area contributed by atoms with Crippen molar-refractivity contribution >= 4 is 34.9 Å². The lowest BCUT2D eigenvalue weighted by atomic mass is 9.86. The summed E-state index contributed by atoms with van der Waals surface area (Å²) >= 11 is 4.76. The molecule has 1 aromatic heterocycles. The Labute approximate surface area is 239 Å². The molecule has 5 heteroatoms. The molecule has 2 N–H and O–H groups in total. The fourth-order valence-corrected chi connectivity index (χ4v) is 8.07. The minimum Gasteiger partial charge on any atom is -0.369 e. The fraction of sp³-hybridized carbons (Fsp3) is 0.0588. The van der Waals surface area contributed by atoms with Crippen LogP contribution in [0.25, 0.3) is 0 Å². The molecular weight excluding hydrogens is 537 g/mol. The van der Waals surface area contributed by atoms with E-state index in [1.54, 1.807) is 23.5 Å². The zero-order valence-corrected chi connectivity index (χ0v) is 23.0. The number of thiophene rings is 1. The van der Waals surface area contributed by atoms with Gasteiger partial charge < -0.3 is 10.2 Å². The first kappa shape index (κ1) is 24.4. The summed E-state index contributed by atoms with van der Waals surface area (Å²) in [5.41, 5.74) is 0.382. The Hall–Kier alpha value is -3.68. The lowest BCUT2D eigenvalue weighted by molar-refractivity contribution is 0.138. The average molecular weight is 557 g/mol. The van der Waals surface area contributed by atoms with E-state index >= 15 is 0 Å². The van der Waals surface area contributed by atoms with E-state index in [4.69, 9.17) is 0 Å². The summed E-state index contributed by atoms with van der Waals surface area (Å²) in [6, 6.07) is 35.3. The van der Waals surface area contributed by atoms with Gasteiger partial charge in [0.2, 0.25) is 0 Å². The number of benzene rings is 4. The molecule has 5 aromatic rings. The second-order valence-corrected chi connectivity index (χ2v) is 12.5. The van der Waals surface area contributed by atoms with Crippen LogP contribution in [0.1, 0.15) is 32.0 Å². The summed E-state index contributed by atoms with van der Waals surface area (Å²) in [7, 11) is 0. The quantitative estimate of drug-likeness (QED) is 0.197. The minimum absolute atomic E-state index is 0.799. The normalized spacial score (nSPS) is 15.2. The molecule has 2 aliphatic heterocycles. The van der Waals surface area contributed by atoms with Gasteiger partial charge >= 0.3 is 0 Å². The van der Waals surface area contributed by atoms with Crippen molar-refractivity contribution < 1.29 is 10.2 Å². The van der Waals surface area contributed by atoms with E-state index in [2.05, 4.69) is 23.7 Å². The molecule has 0 unspecified atom stereocenters. The van der Waals surface area contributed by atoms with Crippen LogP contribution in [0.3, 0.4) is 0 Å². The van der Waals surface area contributed by atoms with Gasteiger partial charge in [-0.25, -0.2) is 0 Å². The number of hydrogen-bond acceptors (Lipinski definition) is 5. The highest BCUT2D eigenvalue weighted by molar-refractivity contribution is 7.99. The van der Waals surface area contributed by atoms with E-state index in [9.17, 15) is 10.2 Å². The monoisotopic (exact) mass is 556 g/mol. The van der Waals surface area contributed by atoms with Gasteiger partial charge in [0.05, 0.1) is 9.75 Å². The van der Waals surface area contributed by atoms with Crippen molar-refractivity contribution in [1.82, 2.24) is 0 Å². The minimum atomic E-state index is -1.41. The van der Waals surface area contributed by atoms with Crippen molar-refractivity contribution in [2.75, 3.05) is 0 Å². The smallest absolute Gasteiger partial charge is 0.179 e. The van der Waals surface area contributed by atoms with Crippen LogP contribution in [0, 0.1) is 23.7 Å². The summed E-state index contributed by atoms with van der Waals surface area (Å²) in [6.45, 7) is 0. The Kier molecular flexibility index (Phi) is 5.94. The first-order valence-corrected chi connectivity index (χ1v) is 14.8. The van der Waals surface area contributed by atoms with Gasteiger partial charge in [0.15, 0.2) is 11.2 Å². The van der Waals surface area contributed by atoms with E-state index in [0.29, 0.717) is 0 Å². The molecule has 0 aliphatic carbocycles. The van der Waals surface area contributed by atoms with Crippen molar-refractivity contribution in [2.24, 2.45) is 0 Å². The topological polar surface area (TPSA) is 40.5 Å². The molecule has 3 heterocycles. The largest absolute Gasteiger partial charge is 0.369 e. The van der Waals surface area contributed by atoms with Gasteiger partial charge in [0.1, 0.15) is 0 Å². The van der Waals surface area contributed by atoms with Crippen molar-refractivity contribution in [1.29, 1.82) is 0 Å². The highest BCUT2D eigenvalue weighted by atomic mass is 32.2. The first-order chi connectivity index (χ1) is 19.0. The van der Waals surface area contributed by atoms with Crippen molar-refractivity contribution in [3.8, 4) is 23.7 Å². The molecule has 186 valence electrons. The fourth-order valence-electron chi connectivity index (χ4n) is 4.99. The number of rotatable bonds is 0. The molecule has 7 rings (SSSR count). The Morgan fingerprint density at radius 3 is 1.08 bits per heavy atom. The number of hydrogen-bond donors (Lipinski definition) is 2. The maximum atomic E-state index is 11.9. The predicted octanol–water partition coefficient (Wildman–Crippen LogP) is 7.25. The SMILES string of the molecule is OC1(C#Cc2ccc(C#CC3(O)c4ccccc4Sc4ccccc43)s2)c2ccccc2Sc2ccccc21. The Balaban J connectivity index is 1.26. The number of aliphatic hydroxyl groups is 2. The molecule has 0 radical (unpaired) electrons. The van der Waals surface area contributed by atoms with Crippen LogP contribution in [0.4, 0.5) is 0 Å². The highest BCUT2D eigenvalue weighted by Gasteiger charge is 2.39.